The van der Waals surface area contributed by atoms with Crippen LogP contribution in [-0.4, -0.2) is 16.1 Å². The SMILES string of the molecule is O=C1C(CCC(O)c2ccc(F)cc2)C(c2ccc(-c3cccc(CO)c3)cc2)N1c1ccc(F)cc1. The van der Waals surface area contributed by atoms with Gasteiger partial charge in [0.15, 0.2) is 0 Å². The molecule has 3 unspecified atom stereocenters. The maximum Gasteiger partial charge on any atom is 0.233 e. The van der Waals surface area contributed by atoms with Gasteiger partial charge in [0, 0.05) is 5.69 Å². The lowest BCUT2D eigenvalue weighted by molar-refractivity contribution is -0.131. The number of hydrogen-bond acceptors (Lipinski definition) is 3. The first-order valence-electron chi connectivity index (χ1n) is 12.3. The highest BCUT2D eigenvalue weighted by molar-refractivity contribution is 6.03. The Kier molecular flexibility index (Phi) is 7.12. The Balaban J connectivity index is 1.40. The molecule has 1 aliphatic rings. The van der Waals surface area contributed by atoms with E-state index in [9.17, 15) is 23.8 Å². The number of carbonyl (C=O) groups is 1. The number of β-lactam (4-membered cyclic amide) rings is 1. The summed E-state index contributed by atoms with van der Waals surface area (Å²) in [5.74, 6) is -1.18. The number of nitrogens with zero attached hydrogens (tertiary/aromatic N) is 1. The summed E-state index contributed by atoms with van der Waals surface area (Å²) in [6.07, 6.45) is -0.0166. The van der Waals surface area contributed by atoms with Crippen LogP contribution in [0.25, 0.3) is 11.1 Å². The molecule has 0 spiro atoms. The summed E-state index contributed by atoms with van der Waals surface area (Å²) in [5, 5.41) is 20.1. The summed E-state index contributed by atoms with van der Waals surface area (Å²) in [4.78, 5) is 14.9. The van der Waals surface area contributed by atoms with Gasteiger partial charge in [0.2, 0.25) is 5.91 Å². The lowest BCUT2D eigenvalue weighted by atomic mass is 9.78. The van der Waals surface area contributed by atoms with E-state index in [1.165, 1.54) is 24.3 Å². The van der Waals surface area contributed by atoms with Crippen molar-refractivity contribution in [1.82, 2.24) is 0 Å². The van der Waals surface area contributed by atoms with Crippen molar-refractivity contribution < 1.29 is 23.8 Å². The van der Waals surface area contributed by atoms with Gasteiger partial charge in [0.05, 0.1) is 24.7 Å². The van der Waals surface area contributed by atoms with Crippen molar-refractivity contribution >= 4 is 11.6 Å². The molecule has 0 aromatic heterocycles. The minimum absolute atomic E-state index is 0.0335. The van der Waals surface area contributed by atoms with Crippen molar-refractivity contribution in [1.29, 1.82) is 0 Å². The Morgan fingerprint density at radius 1 is 0.811 bits per heavy atom. The molecule has 1 amide bonds. The van der Waals surface area contributed by atoms with E-state index in [4.69, 9.17) is 0 Å². The molecule has 37 heavy (non-hydrogen) atoms. The molecule has 1 saturated heterocycles. The molecule has 0 radical (unpaired) electrons. The van der Waals surface area contributed by atoms with E-state index in [-0.39, 0.29) is 36.1 Å². The molecule has 0 bridgehead atoms. The fourth-order valence-electron chi connectivity index (χ4n) is 5.01. The molecule has 188 valence electrons. The maximum atomic E-state index is 13.6. The lowest BCUT2D eigenvalue weighted by Gasteiger charge is -2.48. The van der Waals surface area contributed by atoms with Crippen LogP contribution in [-0.2, 0) is 11.4 Å². The number of halogens is 2. The van der Waals surface area contributed by atoms with Gasteiger partial charge in [0.1, 0.15) is 11.6 Å². The highest BCUT2D eigenvalue weighted by Gasteiger charge is 2.48. The fraction of sp³-hybridized carbons (Fsp3) is 0.194. The van der Waals surface area contributed by atoms with Gasteiger partial charge >= 0.3 is 0 Å². The van der Waals surface area contributed by atoms with Crippen LogP contribution in [0.5, 0.6) is 0 Å². The molecule has 0 saturated carbocycles. The lowest BCUT2D eigenvalue weighted by Crippen LogP contribution is -2.55. The van der Waals surface area contributed by atoms with Crippen LogP contribution in [0.2, 0.25) is 0 Å². The quantitative estimate of drug-likeness (QED) is 0.278. The number of amides is 1. The zero-order valence-corrected chi connectivity index (χ0v) is 20.1. The number of hydrogen-bond donors (Lipinski definition) is 2. The van der Waals surface area contributed by atoms with Crippen LogP contribution in [0.1, 0.15) is 41.7 Å². The first-order valence-corrected chi connectivity index (χ1v) is 12.3. The number of benzene rings is 4. The van der Waals surface area contributed by atoms with Crippen LogP contribution in [0, 0.1) is 17.6 Å². The number of aliphatic hydroxyl groups is 2. The molecule has 1 aliphatic heterocycles. The summed E-state index contributed by atoms with van der Waals surface area (Å²) in [5.41, 5.74) is 4.96. The number of anilines is 1. The van der Waals surface area contributed by atoms with E-state index in [1.807, 2.05) is 48.5 Å². The third-order valence-corrected chi connectivity index (χ3v) is 7.02. The van der Waals surface area contributed by atoms with E-state index in [1.54, 1.807) is 29.2 Å². The molecule has 6 heteroatoms. The summed E-state index contributed by atoms with van der Waals surface area (Å²) < 4.78 is 26.8. The largest absolute Gasteiger partial charge is 0.392 e. The molecule has 4 nitrogen and oxygen atoms in total. The monoisotopic (exact) mass is 499 g/mol. The molecule has 0 aliphatic carbocycles. The topological polar surface area (TPSA) is 60.8 Å². The minimum atomic E-state index is -0.810. The number of rotatable bonds is 8. The van der Waals surface area contributed by atoms with Crippen LogP contribution < -0.4 is 4.90 Å². The molecular formula is C31H27F2NO3. The van der Waals surface area contributed by atoms with Crippen molar-refractivity contribution in [3.8, 4) is 11.1 Å². The average molecular weight is 500 g/mol. The van der Waals surface area contributed by atoms with E-state index in [2.05, 4.69) is 0 Å². The maximum absolute atomic E-state index is 13.6. The Bertz CT molecular complexity index is 1370. The first kappa shape index (κ1) is 24.8. The summed E-state index contributed by atoms with van der Waals surface area (Å²) in [6, 6.07) is 26.9. The van der Waals surface area contributed by atoms with Crippen LogP contribution in [0.3, 0.4) is 0 Å². The number of aliphatic hydroxyl groups excluding tert-OH is 2. The predicted molar refractivity (Wildman–Crippen MR) is 139 cm³/mol. The van der Waals surface area contributed by atoms with Crippen molar-refractivity contribution in [2.75, 3.05) is 4.90 Å². The van der Waals surface area contributed by atoms with Gasteiger partial charge in [-0.25, -0.2) is 8.78 Å². The smallest absolute Gasteiger partial charge is 0.233 e. The Labute approximate surface area is 214 Å². The van der Waals surface area contributed by atoms with E-state index in [0.29, 0.717) is 24.1 Å². The molecule has 4 aromatic carbocycles. The van der Waals surface area contributed by atoms with Crippen LogP contribution in [0.15, 0.2) is 97.1 Å². The number of carbonyl (C=O) groups excluding carboxylic acids is 1. The van der Waals surface area contributed by atoms with Crippen molar-refractivity contribution in [3.63, 3.8) is 0 Å². The minimum Gasteiger partial charge on any atom is -0.392 e. The third kappa shape index (κ3) is 5.17. The fourth-order valence-corrected chi connectivity index (χ4v) is 5.01. The van der Waals surface area contributed by atoms with Gasteiger partial charge in [-0.1, -0.05) is 54.6 Å². The zero-order chi connectivity index (χ0) is 25.9. The normalized spacial score (nSPS) is 17.9. The van der Waals surface area contributed by atoms with Crippen molar-refractivity contribution in [3.05, 3.63) is 125 Å². The summed E-state index contributed by atoms with van der Waals surface area (Å²) in [6.45, 7) is -0.0335. The summed E-state index contributed by atoms with van der Waals surface area (Å²) in [7, 11) is 0. The van der Waals surface area contributed by atoms with Gasteiger partial charge in [-0.15, -0.1) is 0 Å². The van der Waals surface area contributed by atoms with E-state index < -0.39 is 6.10 Å². The van der Waals surface area contributed by atoms with Gasteiger partial charge in [-0.3, -0.25) is 4.79 Å². The van der Waals surface area contributed by atoms with Crippen molar-refractivity contribution in [2.24, 2.45) is 5.92 Å². The van der Waals surface area contributed by atoms with E-state index >= 15 is 0 Å². The molecule has 4 aromatic rings. The first-order chi connectivity index (χ1) is 17.9. The molecule has 1 heterocycles. The highest BCUT2D eigenvalue weighted by atomic mass is 19.1. The Hall–Kier alpha value is -3.87. The second-order valence-electron chi connectivity index (χ2n) is 9.36. The second-order valence-corrected chi connectivity index (χ2v) is 9.36. The molecule has 2 N–H and O–H groups in total. The molecule has 5 rings (SSSR count). The standard InChI is InChI=1S/C31H27F2NO3/c32-25-10-8-22(9-11-25)29(36)17-16-28-30(34(31(28)37)27-14-12-26(33)13-15-27)23-6-4-21(5-7-23)24-3-1-2-20(18-24)19-35/h1-15,18,28-30,35-36H,16-17,19H2. The van der Waals surface area contributed by atoms with Crippen LogP contribution in [0.4, 0.5) is 14.5 Å². The van der Waals surface area contributed by atoms with Crippen molar-refractivity contribution in [2.45, 2.75) is 31.6 Å². The summed E-state index contributed by atoms with van der Waals surface area (Å²) >= 11 is 0. The van der Waals surface area contributed by atoms with Gasteiger partial charge < -0.3 is 15.1 Å². The van der Waals surface area contributed by atoms with Gasteiger partial charge in [-0.05, 0) is 83.1 Å². The second kappa shape index (κ2) is 10.6. The Morgan fingerprint density at radius 2 is 1.46 bits per heavy atom. The molecular weight excluding hydrogens is 472 g/mol. The molecule has 1 fully saturated rings. The van der Waals surface area contributed by atoms with E-state index in [0.717, 1.165) is 22.3 Å². The zero-order valence-electron chi connectivity index (χ0n) is 20.1. The van der Waals surface area contributed by atoms with Gasteiger partial charge in [-0.2, -0.15) is 0 Å². The predicted octanol–water partition coefficient (Wildman–Crippen LogP) is 6.34. The highest BCUT2D eigenvalue weighted by Crippen LogP contribution is 2.46. The van der Waals surface area contributed by atoms with Gasteiger partial charge in [0.25, 0.3) is 0 Å². The Morgan fingerprint density at radius 3 is 2.11 bits per heavy atom. The van der Waals surface area contributed by atoms with Crippen LogP contribution >= 0.6 is 0 Å². The molecule has 3 atom stereocenters. The average Bonchev–Trinajstić information content (AvgIpc) is 2.93. The third-order valence-electron chi connectivity index (χ3n) is 7.02.